The van der Waals surface area contributed by atoms with Gasteiger partial charge in [-0.05, 0) is 68.4 Å². The van der Waals surface area contributed by atoms with E-state index >= 15 is 0 Å². The Morgan fingerprint density at radius 3 is 2.73 bits per heavy atom. The summed E-state index contributed by atoms with van der Waals surface area (Å²) in [6, 6.07) is 13.3. The van der Waals surface area contributed by atoms with E-state index in [1.807, 2.05) is 43.3 Å². The monoisotopic (exact) mass is 463 g/mol. The van der Waals surface area contributed by atoms with E-state index in [2.05, 4.69) is 17.2 Å². The van der Waals surface area contributed by atoms with Crippen LogP contribution in [-0.4, -0.2) is 15.3 Å². The van der Waals surface area contributed by atoms with E-state index < -0.39 is 0 Å². The Balaban J connectivity index is 1.39. The number of amides is 1. The number of fused-ring (bicyclic) bond motifs is 1. The molecule has 2 aromatic heterocycles. The van der Waals surface area contributed by atoms with E-state index in [1.54, 1.807) is 28.4 Å². The molecule has 1 amide bonds. The normalized spacial score (nSPS) is 18.4. The van der Waals surface area contributed by atoms with Crippen molar-refractivity contribution in [2.24, 2.45) is 11.8 Å². The maximum atomic E-state index is 13.0. The summed E-state index contributed by atoms with van der Waals surface area (Å²) in [5.41, 5.74) is 3.23. The van der Waals surface area contributed by atoms with Gasteiger partial charge in [0.2, 0.25) is 5.91 Å². The van der Waals surface area contributed by atoms with E-state index in [-0.39, 0.29) is 17.4 Å². The van der Waals surface area contributed by atoms with Crippen LogP contribution in [0.1, 0.15) is 63.1 Å². The SMILES string of the molecule is CCCCC1CCC(C(=O)Nc2ccccc2SCc2cc(=O)n3ccc(C)cc3n2)CC1. The van der Waals surface area contributed by atoms with E-state index in [0.717, 1.165) is 53.4 Å². The van der Waals surface area contributed by atoms with Gasteiger partial charge < -0.3 is 5.32 Å². The fourth-order valence-corrected chi connectivity index (χ4v) is 5.52. The molecule has 4 rings (SSSR count). The zero-order chi connectivity index (χ0) is 23.2. The molecular formula is C27H33N3O2S. The first-order chi connectivity index (χ1) is 16.0. The number of carbonyl (C=O) groups excluding carboxylic acids is 1. The molecular weight excluding hydrogens is 430 g/mol. The lowest BCUT2D eigenvalue weighted by atomic mass is 9.79. The van der Waals surface area contributed by atoms with Crippen LogP contribution in [-0.2, 0) is 10.5 Å². The number of aryl methyl sites for hydroxylation is 1. The van der Waals surface area contributed by atoms with E-state index in [9.17, 15) is 9.59 Å². The Hall–Kier alpha value is -2.60. The van der Waals surface area contributed by atoms with Gasteiger partial charge in [-0.3, -0.25) is 14.0 Å². The van der Waals surface area contributed by atoms with Gasteiger partial charge in [0.25, 0.3) is 5.56 Å². The molecule has 1 aromatic carbocycles. The average molecular weight is 464 g/mol. The summed E-state index contributed by atoms with van der Waals surface area (Å²) >= 11 is 1.59. The number of hydrogen-bond donors (Lipinski definition) is 1. The molecule has 0 radical (unpaired) electrons. The quantitative estimate of drug-likeness (QED) is 0.402. The number of thioether (sulfide) groups is 1. The Kier molecular flexibility index (Phi) is 7.86. The molecule has 0 unspecified atom stereocenters. The Labute approximate surface area is 200 Å². The Morgan fingerprint density at radius 1 is 1.15 bits per heavy atom. The predicted molar refractivity (Wildman–Crippen MR) is 136 cm³/mol. The minimum atomic E-state index is -0.0771. The molecule has 174 valence electrons. The summed E-state index contributed by atoms with van der Waals surface area (Å²) < 4.78 is 1.56. The van der Waals surface area contributed by atoms with Crippen LogP contribution in [0.2, 0.25) is 0 Å². The molecule has 1 aliphatic carbocycles. The van der Waals surface area contributed by atoms with Crippen molar-refractivity contribution in [2.45, 2.75) is 69.4 Å². The first kappa shape index (κ1) is 23.6. The number of hydrogen-bond acceptors (Lipinski definition) is 4. The second-order valence-corrected chi connectivity index (χ2v) is 10.2. The largest absolute Gasteiger partial charge is 0.325 e. The molecule has 1 saturated carbocycles. The van der Waals surface area contributed by atoms with Gasteiger partial charge in [0.1, 0.15) is 5.65 Å². The number of para-hydroxylation sites is 1. The van der Waals surface area contributed by atoms with E-state index in [0.29, 0.717) is 11.4 Å². The summed E-state index contributed by atoms with van der Waals surface area (Å²) in [7, 11) is 0. The number of aromatic nitrogens is 2. The minimum Gasteiger partial charge on any atom is -0.325 e. The summed E-state index contributed by atoms with van der Waals surface area (Å²) in [6.07, 6.45) is 9.91. The summed E-state index contributed by atoms with van der Waals surface area (Å²) in [5.74, 6) is 1.59. The van der Waals surface area contributed by atoms with Crippen LogP contribution in [0.15, 0.2) is 58.4 Å². The number of rotatable bonds is 8. The van der Waals surface area contributed by atoms with Crippen molar-refractivity contribution in [2.75, 3.05) is 5.32 Å². The molecule has 0 aliphatic heterocycles. The number of carbonyl (C=O) groups is 1. The first-order valence-electron chi connectivity index (χ1n) is 12.0. The fraction of sp³-hybridized carbons (Fsp3) is 0.444. The first-order valence-corrected chi connectivity index (χ1v) is 13.0. The van der Waals surface area contributed by atoms with Crippen LogP contribution >= 0.6 is 11.8 Å². The summed E-state index contributed by atoms with van der Waals surface area (Å²) in [5, 5.41) is 3.18. The molecule has 0 bridgehead atoms. The van der Waals surface area contributed by atoms with Crippen molar-refractivity contribution < 1.29 is 4.79 Å². The highest BCUT2D eigenvalue weighted by Crippen LogP contribution is 2.34. The third-order valence-electron chi connectivity index (χ3n) is 6.58. The summed E-state index contributed by atoms with van der Waals surface area (Å²) in [6.45, 7) is 4.23. The molecule has 33 heavy (non-hydrogen) atoms. The van der Waals surface area contributed by atoms with Crippen molar-refractivity contribution >= 4 is 29.0 Å². The van der Waals surface area contributed by atoms with Gasteiger partial charge in [0.05, 0.1) is 11.4 Å². The van der Waals surface area contributed by atoms with Crippen molar-refractivity contribution in [1.82, 2.24) is 9.38 Å². The highest BCUT2D eigenvalue weighted by molar-refractivity contribution is 7.98. The molecule has 6 heteroatoms. The second kappa shape index (κ2) is 11.0. The number of anilines is 1. The number of benzene rings is 1. The lowest BCUT2D eigenvalue weighted by Crippen LogP contribution is -2.27. The lowest BCUT2D eigenvalue weighted by Gasteiger charge is -2.28. The number of pyridine rings is 1. The van der Waals surface area contributed by atoms with Crippen molar-refractivity contribution in [1.29, 1.82) is 0 Å². The maximum absolute atomic E-state index is 13.0. The zero-order valence-electron chi connectivity index (χ0n) is 19.5. The topological polar surface area (TPSA) is 63.5 Å². The fourth-order valence-electron chi connectivity index (χ4n) is 4.62. The van der Waals surface area contributed by atoms with Gasteiger partial charge in [-0.25, -0.2) is 4.98 Å². The molecule has 1 aliphatic rings. The molecule has 2 heterocycles. The van der Waals surface area contributed by atoms with E-state index in [1.165, 1.54) is 19.3 Å². The van der Waals surface area contributed by atoms with Gasteiger partial charge in [0.15, 0.2) is 0 Å². The highest BCUT2D eigenvalue weighted by atomic mass is 32.2. The molecule has 3 aromatic rings. The molecule has 1 fully saturated rings. The molecule has 0 saturated heterocycles. The van der Waals surface area contributed by atoms with Crippen LogP contribution in [0, 0.1) is 18.8 Å². The Bertz CT molecular complexity index is 1170. The maximum Gasteiger partial charge on any atom is 0.258 e. The second-order valence-electron chi connectivity index (χ2n) is 9.15. The van der Waals surface area contributed by atoms with Gasteiger partial charge in [-0.15, -0.1) is 11.8 Å². The third-order valence-corrected chi connectivity index (χ3v) is 7.69. The van der Waals surface area contributed by atoms with Gasteiger partial charge >= 0.3 is 0 Å². The zero-order valence-corrected chi connectivity index (χ0v) is 20.4. The van der Waals surface area contributed by atoms with Crippen LogP contribution in [0.5, 0.6) is 0 Å². The molecule has 5 nitrogen and oxygen atoms in total. The van der Waals surface area contributed by atoms with Crippen molar-refractivity contribution in [3.63, 3.8) is 0 Å². The van der Waals surface area contributed by atoms with Crippen LogP contribution in [0.4, 0.5) is 5.69 Å². The number of nitrogens with zero attached hydrogens (tertiary/aromatic N) is 2. The van der Waals surface area contributed by atoms with Crippen molar-refractivity contribution in [3.05, 3.63) is 70.3 Å². The molecule has 1 N–H and O–H groups in total. The smallest absolute Gasteiger partial charge is 0.258 e. The van der Waals surface area contributed by atoms with Gasteiger partial charge in [0, 0.05) is 28.8 Å². The molecule has 0 spiro atoms. The highest BCUT2D eigenvalue weighted by Gasteiger charge is 2.26. The van der Waals surface area contributed by atoms with Gasteiger partial charge in [-0.2, -0.15) is 0 Å². The van der Waals surface area contributed by atoms with Crippen LogP contribution in [0.25, 0.3) is 5.65 Å². The average Bonchev–Trinajstić information content (AvgIpc) is 2.82. The minimum absolute atomic E-state index is 0.0771. The van der Waals surface area contributed by atoms with Gasteiger partial charge in [-0.1, -0.05) is 38.3 Å². The number of unbranched alkanes of at least 4 members (excludes halogenated alkanes) is 1. The number of nitrogens with one attached hydrogen (secondary N) is 1. The van der Waals surface area contributed by atoms with Crippen molar-refractivity contribution in [3.8, 4) is 0 Å². The lowest BCUT2D eigenvalue weighted by molar-refractivity contribution is -0.121. The van der Waals surface area contributed by atoms with Crippen LogP contribution in [0.3, 0.4) is 0 Å². The third kappa shape index (κ3) is 6.05. The van der Waals surface area contributed by atoms with E-state index in [4.69, 9.17) is 0 Å². The van der Waals surface area contributed by atoms with Crippen LogP contribution < -0.4 is 10.9 Å². The Morgan fingerprint density at radius 2 is 1.94 bits per heavy atom. The molecule has 0 atom stereocenters. The summed E-state index contributed by atoms with van der Waals surface area (Å²) in [4.78, 5) is 31.1. The predicted octanol–water partition coefficient (Wildman–Crippen LogP) is 6.23. The standard InChI is InChI=1S/C27H33N3O2S/c1-3-4-7-20-10-12-21(13-11-20)27(32)29-23-8-5-6-9-24(23)33-18-22-17-26(31)30-15-14-19(2)16-25(30)28-22/h5-6,8-9,14-17,20-21H,3-4,7,10-13,18H2,1-2H3,(H,29,32).